The van der Waals surface area contributed by atoms with Crippen LogP contribution in [-0.2, 0) is 9.59 Å². The second kappa shape index (κ2) is 9.00. The van der Waals surface area contributed by atoms with Gasteiger partial charge in [-0.2, -0.15) is 0 Å². The Morgan fingerprint density at radius 2 is 1.55 bits per heavy atom. The van der Waals surface area contributed by atoms with Crippen LogP contribution in [-0.4, -0.2) is 26.0 Å². The number of hydrogen-bond donors (Lipinski definition) is 1. The molecule has 6 nitrogen and oxygen atoms in total. The number of carbonyl (C=O) groups is 2. The van der Waals surface area contributed by atoms with Gasteiger partial charge in [0.15, 0.2) is 11.5 Å². The Labute approximate surface area is 197 Å². The highest BCUT2D eigenvalue weighted by atomic mass is 35.5. The van der Waals surface area contributed by atoms with Crippen LogP contribution in [0.4, 0.5) is 11.4 Å². The number of imide groups is 1. The minimum absolute atomic E-state index is 0.181. The van der Waals surface area contributed by atoms with E-state index in [-0.39, 0.29) is 11.3 Å². The number of nitrogens with one attached hydrogen (secondary N) is 1. The molecule has 168 valence electrons. The van der Waals surface area contributed by atoms with E-state index in [0.717, 1.165) is 11.1 Å². The molecule has 2 amide bonds. The maximum atomic E-state index is 13.7. The summed E-state index contributed by atoms with van der Waals surface area (Å²) in [6, 6.07) is 17.7. The molecule has 0 bridgehead atoms. The van der Waals surface area contributed by atoms with Crippen molar-refractivity contribution < 1.29 is 19.1 Å². The number of methoxy groups -OCH3 is 2. The first-order valence-corrected chi connectivity index (χ1v) is 10.7. The fraction of sp³-hybridized carbons (Fsp3) is 0.154. The van der Waals surface area contributed by atoms with Crippen LogP contribution in [0.3, 0.4) is 0 Å². The van der Waals surface area contributed by atoms with E-state index in [0.29, 0.717) is 33.5 Å². The van der Waals surface area contributed by atoms with Crippen LogP contribution in [0.1, 0.15) is 16.7 Å². The molecule has 3 aromatic carbocycles. The molecule has 0 spiro atoms. The minimum Gasteiger partial charge on any atom is -0.493 e. The zero-order valence-corrected chi connectivity index (χ0v) is 19.5. The van der Waals surface area contributed by atoms with Crippen LogP contribution in [0.25, 0.3) is 5.57 Å². The summed E-state index contributed by atoms with van der Waals surface area (Å²) in [5, 5.41) is 3.77. The van der Waals surface area contributed by atoms with E-state index in [9.17, 15) is 9.59 Å². The molecular weight excluding hydrogens is 440 g/mol. The zero-order valence-electron chi connectivity index (χ0n) is 18.7. The van der Waals surface area contributed by atoms with Gasteiger partial charge >= 0.3 is 0 Å². The largest absolute Gasteiger partial charge is 0.493 e. The smallest absolute Gasteiger partial charge is 0.282 e. The Kier molecular flexibility index (Phi) is 6.11. The summed E-state index contributed by atoms with van der Waals surface area (Å²) in [6.07, 6.45) is 0. The predicted octanol–water partition coefficient (Wildman–Crippen LogP) is 5.37. The van der Waals surface area contributed by atoms with E-state index < -0.39 is 11.8 Å². The first-order chi connectivity index (χ1) is 15.8. The average molecular weight is 463 g/mol. The standard InChI is InChI=1S/C26H23ClN2O4/c1-15-7-5-6-8-20(15)29-25(30)23(17-9-12-21(32-3)22(14-17)33-4)24(26(29)31)28-19-11-10-18(27)13-16(19)2/h5-14,28H,1-4H3. The summed E-state index contributed by atoms with van der Waals surface area (Å²) in [6.45, 7) is 3.74. The van der Waals surface area contributed by atoms with Gasteiger partial charge in [-0.3, -0.25) is 9.59 Å². The van der Waals surface area contributed by atoms with E-state index >= 15 is 0 Å². The number of carbonyl (C=O) groups excluding carboxylic acids is 2. The number of rotatable bonds is 6. The number of hydrogen-bond acceptors (Lipinski definition) is 5. The van der Waals surface area contributed by atoms with E-state index in [1.54, 1.807) is 48.5 Å². The van der Waals surface area contributed by atoms with Crippen molar-refractivity contribution in [3.05, 3.63) is 88.1 Å². The maximum absolute atomic E-state index is 13.7. The molecule has 1 N–H and O–H groups in total. The Morgan fingerprint density at radius 3 is 2.21 bits per heavy atom. The van der Waals surface area contributed by atoms with Crippen molar-refractivity contribution >= 4 is 40.4 Å². The van der Waals surface area contributed by atoms with Crippen LogP contribution in [0.2, 0.25) is 5.02 Å². The predicted molar refractivity (Wildman–Crippen MR) is 130 cm³/mol. The average Bonchev–Trinajstić information content (AvgIpc) is 3.04. The third-order valence-corrected chi connectivity index (χ3v) is 5.80. The molecule has 1 aliphatic heterocycles. The fourth-order valence-corrected chi connectivity index (χ4v) is 4.07. The Balaban J connectivity index is 1.89. The van der Waals surface area contributed by atoms with Gasteiger partial charge in [0.1, 0.15) is 5.70 Å². The Hall–Kier alpha value is -3.77. The summed E-state index contributed by atoms with van der Waals surface area (Å²) >= 11 is 6.10. The highest BCUT2D eigenvalue weighted by molar-refractivity contribution is 6.46. The number of ether oxygens (including phenoxy) is 2. The number of halogens is 1. The molecule has 1 heterocycles. The van der Waals surface area contributed by atoms with Crippen LogP contribution in [0, 0.1) is 13.8 Å². The molecular formula is C26H23ClN2O4. The van der Waals surface area contributed by atoms with Crippen LogP contribution in [0.15, 0.2) is 66.4 Å². The van der Waals surface area contributed by atoms with Crippen LogP contribution >= 0.6 is 11.6 Å². The third-order valence-electron chi connectivity index (χ3n) is 5.56. The van der Waals surface area contributed by atoms with Crippen molar-refractivity contribution in [1.82, 2.24) is 0 Å². The molecule has 4 rings (SSSR count). The van der Waals surface area contributed by atoms with Crippen molar-refractivity contribution in [2.45, 2.75) is 13.8 Å². The van der Waals surface area contributed by atoms with Gasteiger partial charge in [-0.1, -0.05) is 35.9 Å². The summed E-state index contributed by atoms with van der Waals surface area (Å²) in [4.78, 5) is 28.5. The molecule has 1 aliphatic rings. The number of nitrogens with zero attached hydrogens (tertiary/aromatic N) is 1. The number of amides is 2. The van der Waals surface area contributed by atoms with E-state index in [1.807, 2.05) is 26.0 Å². The van der Waals surface area contributed by atoms with Crippen molar-refractivity contribution in [2.75, 3.05) is 24.4 Å². The lowest BCUT2D eigenvalue weighted by molar-refractivity contribution is -0.120. The van der Waals surface area contributed by atoms with Gasteiger partial charge in [-0.15, -0.1) is 0 Å². The van der Waals surface area contributed by atoms with E-state index in [1.165, 1.54) is 19.1 Å². The van der Waals surface area contributed by atoms with Crippen LogP contribution in [0.5, 0.6) is 11.5 Å². The molecule has 0 saturated heterocycles. The monoisotopic (exact) mass is 462 g/mol. The maximum Gasteiger partial charge on any atom is 0.282 e. The third kappa shape index (κ3) is 4.05. The second-order valence-corrected chi connectivity index (χ2v) is 8.07. The highest BCUT2D eigenvalue weighted by Gasteiger charge is 2.41. The van der Waals surface area contributed by atoms with Gasteiger partial charge in [0, 0.05) is 10.7 Å². The lowest BCUT2D eigenvalue weighted by Crippen LogP contribution is -2.33. The van der Waals surface area contributed by atoms with E-state index in [4.69, 9.17) is 21.1 Å². The lowest BCUT2D eigenvalue weighted by atomic mass is 10.0. The first-order valence-electron chi connectivity index (χ1n) is 10.3. The van der Waals surface area contributed by atoms with E-state index in [2.05, 4.69) is 5.32 Å². The number of aryl methyl sites for hydroxylation is 2. The molecule has 0 aromatic heterocycles. The number of para-hydroxylation sites is 1. The summed E-state index contributed by atoms with van der Waals surface area (Å²) < 4.78 is 10.7. The fourth-order valence-electron chi connectivity index (χ4n) is 3.84. The molecule has 0 unspecified atom stereocenters. The van der Waals surface area contributed by atoms with Gasteiger partial charge in [0.25, 0.3) is 11.8 Å². The summed E-state index contributed by atoms with van der Waals surface area (Å²) in [5.41, 5.74) is 3.84. The topological polar surface area (TPSA) is 67.9 Å². The van der Waals surface area contributed by atoms with Crippen molar-refractivity contribution in [2.24, 2.45) is 0 Å². The molecule has 3 aromatic rings. The normalized spacial score (nSPS) is 13.5. The summed E-state index contributed by atoms with van der Waals surface area (Å²) in [7, 11) is 3.06. The van der Waals surface area contributed by atoms with Gasteiger partial charge in [0.2, 0.25) is 0 Å². The molecule has 7 heteroatoms. The minimum atomic E-state index is -0.437. The first kappa shape index (κ1) is 22.4. The lowest BCUT2D eigenvalue weighted by Gasteiger charge is -2.18. The highest BCUT2D eigenvalue weighted by Crippen LogP contribution is 2.38. The Bertz CT molecular complexity index is 1300. The quantitative estimate of drug-likeness (QED) is 0.499. The molecule has 33 heavy (non-hydrogen) atoms. The Morgan fingerprint density at radius 1 is 0.818 bits per heavy atom. The van der Waals surface area contributed by atoms with Gasteiger partial charge in [-0.25, -0.2) is 4.90 Å². The SMILES string of the molecule is COc1ccc(C2=C(Nc3ccc(Cl)cc3C)C(=O)N(c3ccccc3C)C2=O)cc1OC. The van der Waals surface area contributed by atoms with Gasteiger partial charge < -0.3 is 14.8 Å². The van der Waals surface area contributed by atoms with Gasteiger partial charge in [0.05, 0.1) is 25.5 Å². The number of benzene rings is 3. The van der Waals surface area contributed by atoms with Crippen molar-refractivity contribution in [1.29, 1.82) is 0 Å². The molecule has 0 aliphatic carbocycles. The number of anilines is 2. The summed E-state index contributed by atoms with van der Waals surface area (Å²) in [5.74, 6) is 0.126. The van der Waals surface area contributed by atoms with Crippen molar-refractivity contribution in [3.8, 4) is 11.5 Å². The second-order valence-electron chi connectivity index (χ2n) is 7.64. The van der Waals surface area contributed by atoms with Gasteiger partial charge in [-0.05, 0) is 66.9 Å². The zero-order chi connectivity index (χ0) is 23.7. The molecule has 0 radical (unpaired) electrons. The molecule has 0 atom stereocenters. The van der Waals surface area contributed by atoms with Crippen molar-refractivity contribution in [3.63, 3.8) is 0 Å². The van der Waals surface area contributed by atoms with Crippen LogP contribution < -0.4 is 19.7 Å². The molecule has 0 fully saturated rings. The molecule has 0 saturated carbocycles.